The highest BCUT2D eigenvalue weighted by atomic mass is 32.9. The Balaban J connectivity index is 2.64. The van der Waals surface area contributed by atoms with Crippen LogP contribution in [0.2, 0.25) is 0 Å². The number of cyclic esters (lactones) is 2. The first-order valence-corrected chi connectivity index (χ1v) is 7.77. The molecule has 5 nitrogen and oxygen atoms in total. The Morgan fingerprint density at radius 3 is 2.43 bits per heavy atom. The summed E-state index contributed by atoms with van der Waals surface area (Å²) in [7, 11) is 2.83. The lowest BCUT2D eigenvalue weighted by molar-refractivity contribution is -0.151. The maximum Gasteiger partial charge on any atom is 0.327 e. The van der Waals surface area contributed by atoms with Crippen LogP contribution in [0.15, 0.2) is 0 Å². The number of hydrogen-bond donors (Lipinski definition) is 0. The molecule has 1 aliphatic rings. The van der Waals surface area contributed by atoms with E-state index in [4.69, 9.17) is 20.9 Å². The van der Waals surface area contributed by atoms with Crippen molar-refractivity contribution in [3.63, 3.8) is 0 Å². The predicted octanol–water partition coefficient (Wildman–Crippen LogP) is 1.08. The summed E-state index contributed by atoms with van der Waals surface area (Å²) in [6.07, 6.45) is 0.0363. The van der Waals surface area contributed by atoms with Crippen molar-refractivity contribution in [2.75, 3.05) is 14.2 Å². The third kappa shape index (κ3) is 2.77. The molecule has 80 valence electrons. The van der Waals surface area contributed by atoms with Crippen LogP contribution in [0.1, 0.15) is 6.42 Å². The second-order valence-corrected chi connectivity index (χ2v) is 9.02. The van der Waals surface area contributed by atoms with Crippen LogP contribution in [0.5, 0.6) is 0 Å². The summed E-state index contributed by atoms with van der Waals surface area (Å²) in [6, 6.07) is 0. The van der Waals surface area contributed by atoms with Crippen molar-refractivity contribution in [3.8, 4) is 0 Å². The van der Waals surface area contributed by atoms with Gasteiger partial charge in [-0.15, -0.1) is 0 Å². The van der Waals surface area contributed by atoms with Crippen LogP contribution in [0, 0.1) is 0 Å². The van der Waals surface area contributed by atoms with E-state index in [1.165, 1.54) is 14.2 Å². The van der Waals surface area contributed by atoms with Crippen molar-refractivity contribution < 1.29 is 23.4 Å². The second-order valence-electron chi connectivity index (χ2n) is 2.40. The van der Waals surface area contributed by atoms with E-state index >= 15 is 0 Å². The largest absolute Gasteiger partial charge is 0.392 e. The Morgan fingerprint density at radius 2 is 2.07 bits per heavy atom. The summed E-state index contributed by atoms with van der Waals surface area (Å²) in [5, 5.41) is -0.590. The fraction of sp³-hybridized carbons (Fsp3) is 0.667. The second kappa shape index (κ2) is 4.72. The average molecular weight is 256 g/mol. The zero-order chi connectivity index (χ0) is 10.8. The third-order valence-electron chi connectivity index (χ3n) is 1.53. The van der Waals surface area contributed by atoms with Gasteiger partial charge in [0.05, 0.1) is 6.42 Å². The van der Waals surface area contributed by atoms with Crippen LogP contribution < -0.4 is 0 Å². The molecule has 1 fully saturated rings. The van der Waals surface area contributed by atoms with Crippen molar-refractivity contribution in [1.82, 2.24) is 0 Å². The molecule has 1 saturated heterocycles. The van der Waals surface area contributed by atoms with E-state index in [2.05, 4.69) is 4.74 Å². The highest BCUT2D eigenvalue weighted by Gasteiger charge is 2.38. The summed E-state index contributed by atoms with van der Waals surface area (Å²) in [5.74, 6) is -1.09. The van der Waals surface area contributed by atoms with Gasteiger partial charge in [0.25, 0.3) is 0 Å². The number of carbonyl (C=O) groups is 2. The van der Waals surface area contributed by atoms with Gasteiger partial charge >= 0.3 is 11.9 Å². The summed E-state index contributed by atoms with van der Waals surface area (Å²) in [4.78, 5) is 21.9. The van der Waals surface area contributed by atoms with Crippen molar-refractivity contribution >= 4 is 40.8 Å². The predicted molar refractivity (Wildman–Crippen MR) is 55.4 cm³/mol. The van der Waals surface area contributed by atoms with E-state index in [1.54, 1.807) is 0 Å². The van der Waals surface area contributed by atoms with Crippen molar-refractivity contribution in [3.05, 3.63) is 0 Å². The Morgan fingerprint density at radius 1 is 1.50 bits per heavy atom. The van der Waals surface area contributed by atoms with Gasteiger partial charge in [0, 0.05) is 14.2 Å². The molecule has 1 atom stereocenters. The van der Waals surface area contributed by atoms with Crippen molar-refractivity contribution in [2.45, 2.75) is 11.7 Å². The minimum Gasteiger partial charge on any atom is -0.392 e. The smallest absolute Gasteiger partial charge is 0.327 e. The zero-order valence-corrected chi connectivity index (χ0v) is 10.1. The molecule has 0 aliphatic carbocycles. The Kier molecular flexibility index (Phi) is 4.09. The van der Waals surface area contributed by atoms with Crippen LogP contribution in [-0.4, -0.2) is 31.4 Å². The lowest BCUT2D eigenvalue weighted by atomic mass is 10.4. The summed E-state index contributed by atoms with van der Waals surface area (Å²) in [6.45, 7) is 0. The SMILES string of the molecule is COP(=S)(OC)SC1CC(=O)OC1=O. The lowest BCUT2D eigenvalue weighted by Gasteiger charge is -2.17. The molecule has 0 radical (unpaired) electrons. The standard InChI is InChI=1S/C6H9O5PS2/c1-9-12(13,10-2)14-4-3-5(7)11-6(4)8/h4H,3H2,1-2H3. The summed E-state index contributed by atoms with van der Waals surface area (Å²) in [5.41, 5.74) is -2.50. The zero-order valence-electron chi connectivity index (χ0n) is 7.59. The quantitative estimate of drug-likeness (QED) is 0.423. The molecule has 1 aliphatic heterocycles. The van der Waals surface area contributed by atoms with Crippen molar-refractivity contribution in [2.24, 2.45) is 0 Å². The molecule has 0 saturated carbocycles. The van der Waals surface area contributed by atoms with Gasteiger partial charge in [0.15, 0.2) is 0 Å². The van der Waals surface area contributed by atoms with E-state index in [-0.39, 0.29) is 6.42 Å². The topological polar surface area (TPSA) is 61.8 Å². The van der Waals surface area contributed by atoms with Gasteiger partial charge in [-0.25, -0.2) is 0 Å². The van der Waals surface area contributed by atoms with Crippen LogP contribution in [0.25, 0.3) is 0 Å². The van der Waals surface area contributed by atoms with Crippen LogP contribution in [-0.2, 0) is 35.2 Å². The van der Waals surface area contributed by atoms with Gasteiger partial charge in [-0.3, -0.25) is 9.59 Å². The molecule has 1 rings (SSSR count). The minimum atomic E-state index is -2.50. The first-order valence-electron chi connectivity index (χ1n) is 3.65. The van der Waals surface area contributed by atoms with Gasteiger partial charge < -0.3 is 13.8 Å². The van der Waals surface area contributed by atoms with Crippen LogP contribution >= 0.6 is 17.1 Å². The highest BCUT2D eigenvalue weighted by molar-refractivity contribution is 8.68. The molecular weight excluding hydrogens is 247 g/mol. The highest BCUT2D eigenvalue weighted by Crippen LogP contribution is 2.62. The molecule has 0 N–H and O–H groups in total. The number of esters is 2. The number of hydrogen-bond acceptors (Lipinski definition) is 7. The fourth-order valence-electron chi connectivity index (χ4n) is 0.851. The lowest BCUT2D eigenvalue weighted by Crippen LogP contribution is -2.09. The first-order chi connectivity index (χ1) is 6.50. The molecule has 14 heavy (non-hydrogen) atoms. The van der Waals surface area contributed by atoms with Gasteiger partial charge in [-0.2, -0.15) is 0 Å². The third-order valence-corrected chi connectivity index (χ3v) is 7.40. The minimum absolute atomic E-state index is 0.0363. The molecule has 0 aromatic carbocycles. The van der Waals surface area contributed by atoms with Crippen molar-refractivity contribution in [1.29, 1.82) is 0 Å². The van der Waals surface area contributed by atoms with Gasteiger partial charge in [-0.1, -0.05) is 11.4 Å². The van der Waals surface area contributed by atoms with E-state index in [1.807, 2.05) is 0 Å². The molecule has 1 heterocycles. The Bertz CT molecular complexity index is 297. The normalized spacial score (nSPS) is 22.6. The van der Waals surface area contributed by atoms with E-state index in [0.29, 0.717) is 0 Å². The molecule has 0 spiro atoms. The first kappa shape index (κ1) is 12.1. The Labute approximate surface area is 90.4 Å². The van der Waals surface area contributed by atoms with Gasteiger partial charge in [0.1, 0.15) is 5.25 Å². The van der Waals surface area contributed by atoms with Gasteiger partial charge in [0.2, 0.25) is 5.69 Å². The summed E-state index contributed by atoms with van der Waals surface area (Å²) >= 11 is 6.10. The molecular formula is C6H9O5PS2. The molecule has 0 aromatic heterocycles. The maximum absolute atomic E-state index is 11.1. The molecule has 0 aromatic rings. The van der Waals surface area contributed by atoms with Crippen LogP contribution in [0.3, 0.4) is 0 Å². The van der Waals surface area contributed by atoms with Gasteiger partial charge in [-0.05, 0) is 11.8 Å². The Hall–Kier alpha value is 0.0600. The molecule has 1 unspecified atom stereocenters. The van der Waals surface area contributed by atoms with E-state index < -0.39 is 22.9 Å². The number of rotatable bonds is 4. The monoisotopic (exact) mass is 256 g/mol. The maximum atomic E-state index is 11.1. The fourth-order valence-corrected chi connectivity index (χ4v) is 4.70. The number of carbonyl (C=O) groups excluding carboxylic acids is 2. The van der Waals surface area contributed by atoms with E-state index in [0.717, 1.165) is 11.4 Å². The van der Waals surface area contributed by atoms with E-state index in [9.17, 15) is 9.59 Å². The summed E-state index contributed by atoms with van der Waals surface area (Å²) < 4.78 is 14.3. The van der Waals surface area contributed by atoms with Crippen LogP contribution in [0.4, 0.5) is 0 Å². The average Bonchev–Trinajstić information content (AvgIpc) is 2.45. The molecule has 8 heteroatoms. The molecule has 0 bridgehead atoms. The number of ether oxygens (including phenoxy) is 1. The molecule has 0 amide bonds.